The van der Waals surface area contributed by atoms with Crippen LogP contribution in [0.3, 0.4) is 0 Å². The number of quaternary nitrogens is 1. The summed E-state index contributed by atoms with van der Waals surface area (Å²) >= 11 is 0. The number of likely N-dealkylation sites (tertiary alicyclic amines) is 1. The molecule has 3 heterocycles. The largest absolute Gasteiger partial charge is 0.377 e. The Bertz CT molecular complexity index is 832. The van der Waals surface area contributed by atoms with E-state index in [1.807, 2.05) is 13.8 Å². The van der Waals surface area contributed by atoms with Crippen LogP contribution in [0.25, 0.3) is 0 Å². The second-order valence-corrected chi connectivity index (χ2v) is 9.77. The summed E-state index contributed by atoms with van der Waals surface area (Å²) in [7, 11) is -2.01. The Labute approximate surface area is 154 Å². The van der Waals surface area contributed by atoms with Gasteiger partial charge in [-0.1, -0.05) is 13.8 Å². The van der Waals surface area contributed by atoms with Gasteiger partial charge >= 0.3 is 15.9 Å². The van der Waals surface area contributed by atoms with Gasteiger partial charge in [0.15, 0.2) is 0 Å². The maximum atomic E-state index is 13.5. The summed E-state index contributed by atoms with van der Waals surface area (Å²) in [6.45, 7) is 4.52. The predicted molar refractivity (Wildman–Crippen MR) is 96.5 cm³/mol. The molecular weight excluding hydrogens is 356 g/mol. The van der Waals surface area contributed by atoms with Crippen LogP contribution in [0, 0.1) is 11.8 Å². The average molecular weight is 383 g/mol. The SMILES string of the molecule is CNCc1ccc(C(=O)[N+]2(S(C)(=O)=O)CC[C@H]3NC(=O)[C@@H](C(C)C)[C@@H]32)[nH]1. The number of carbonyl (C=O) groups excluding carboxylic acids is 2. The van der Waals surface area contributed by atoms with Crippen LogP contribution in [-0.4, -0.2) is 61.0 Å². The van der Waals surface area contributed by atoms with Crippen molar-refractivity contribution in [2.24, 2.45) is 11.8 Å². The van der Waals surface area contributed by atoms with Gasteiger partial charge in [0.25, 0.3) is 0 Å². The monoisotopic (exact) mass is 383 g/mol. The molecule has 2 aliphatic rings. The first kappa shape index (κ1) is 19.1. The second-order valence-electron chi connectivity index (χ2n) is 7.65. The number of nitrogens with zero attached hydrogens (tertiary/aromatic N) is 1. The van der Waals surface area contributed by atoms with E-state index in [2.05, 4.69) is 15.6 Å². The normalized spacial score (nSPS) is 31.3. The maximum absolute atomic E-state index is 13.5. The zero-order chi connectivity index (χ0) is 19.3. The van der Waals surface area contributed by atoms with Gasteiger partial charge in [0.05, 0.1) is 18.2 Å². The number of amides is 2. The van der Waals surface area contributed by atoms with Crippen LogP contribution in [0.5, 0.6) is 0 Å². The Morgan fingerprint density at radius 2 is 2.08 bits per heavy atom. The minimum Gasteiger partial charge on any atom is -0.350 e. The van der Waals surface area contributed by atoms with E-state index in [9.17, 15) is 18.0 Å². The van der Waals surface area contributed by atoms with Gasteiger partial charge < -0.3 is 15.6 Å². The van der Waals surface area contributed by atoms with Crippen molar-refractivity contribution in [2.75, 3.05) is 19.8 Å². The van der Waals surface area contributed by atoms with Crippen LogP contribution >= 0.6 is 0 Å². The molecule has 8 nitrogen and oxygen atoms in total. The molecule has 26 heavy (non-hydrogen) atoms. The number of fused-ring (bicyclic) bond motifs is 1. The summed E-state index contributed by atoms with van der Waals surface area (Å²) < 4.78 is 25.1. The van der Waals surface area contributed by atoms with Crippen molar-refractivity contribution in [3.05, 3.63) is 23.5 Å². The highest BCUT2D eigenvalue weighted by molar-refractivity contribution is 7.85. The number of hydrogen-bond acceptors (Lipinski definition) is 5. The molecule has 2 aliphatic heterocycles. The molecule has 1 unspecified atom stereocenters. The lowest BCUT2D eigenvalue weighted by Crippen LogP contribution is -2.63. The zero-order valence-electron chi connectivity index (χ0n) is 15.6. The van der Waals surface area contributed by atoms with E-state index in [-0.39, 0.29) is 30.1 Å². The first-order chi connectivity index (χ1) is 12.1. The molecule has 0 radical (unpaired) electrons. The summed E-state index contributed by atoms with van der Waals surface area (Å²) in [6.07, 6.45) is 1.58. The number of sulfonamides is 1. The topological polar surface area (TPSA) is 108 Å². The fourth-order valence-electron chi connectivity index (χ4n) is 4.58. The zero-order valence-corrected chi connectivity index (χ0v) is 16.4. The highest BCUT2D eigenvalue weighted by atomic mass is 32.2. The van der Waals surface area contributed by atoms with Crippen LogP contribution in [-0.2, 0) is 21.4 Å². The van der Waals surface area contributed by atoms with Crippen molar-refractivity contribution in [1.82, 2.24) is 15.6 Å². The van der Waals surface area contributed by atoms with E-state index in [4.69, 9.17) is 0 Å². The number of rotatable bonds is 5. The van der Waals surface area contributed by atoms with Crippen LogP contribution in [0.2, 0.25) is 0 Å². The van der Waals surface area contributed by atoms with E-state index >= 15 is 0 Å². The highest BCUT2D eigenvalue weighted by Gasteiger charge is 2.67. The smallest absolute Gasteiger partial charge is 0.350 e. The molecule has 1 aromatic heterocycles. The van der Waals surface area contributed by atoms with Crippen LogP contribution in [0.1, 0.15) is 36.5 Å². The molecule has 0 spiro atoms. The van der Waals surface area contributed by atoms with Crippen LogP contribution < -0.4 is 10.6 Å². The molecule has 0 bridgehead atoms. The number of carbonyl (C=O) groups is 2. The third-order valence-corrected chi connectivity index (χ3v) is 7.44. The highest BCUT2D eigenvalue weighted by Crippen LogP contribution is 2.43. The third kappa shape index (κ3) is 2.69. The Kier molecular flexibility index (Phi) is 4.74. The quantitative estimate of drug-likeness (QED) is 0.629. The lowest BCUT2D eigenvalue weighted by atomic mass is 9.88. The van der Waals surface area contributed by atoms with Crippen molar-refractivity contribution < 1.29 is 21.9 Å². The number of nitrogens with one attached hydrogen (secondary N) is 3. The van der Waals surface area contributed by atoms with Gasteiger partial charge in [-0.3, -0.25) is 4.79 Å². The molecule has 1 aromatic rings. The molecule has 144 valence electrons. The Hall–Kier alpha value is -1.71. The fraction of sp³-hybridized carbons (Fsp3) is 0.647. The van der Waals surface area contributed by atoms with Crippen molar-refractivity contribution in [3.8, 4) is 0 Å². The third-order valence-electron chi connectivity index (χ3n) is 5.66. The molecule has 2 amide bonds. The van der Waals surface area contributed by atoms with Gasteiger partial charge in [-0.2, -0.15) is 8.42 Å². The van der Waals surface area contributed by atoms with Crippen molar-refractivity contribution >= 4 is 21.8 Å². The summed E-state index contributed by atoms with van der Waals surface area (Å²) in [5, 5.41) is 5.90. The predicted octanol–water partition coefficient (Wildman–Crippen LogP) is 0.194. The van der Waals surface area contributed by atoms with Gasteiger partial charge in [0.2, 0.25) is 5.91 Å². The van der Waals surface area contributed by atoms with Crippen molar-refractivity contribution in [3.63, 3.8) is 0 Å². The van der Waals surface area contributed by atoms with E-state index in [0.717, 1.165) is 11.9 Å². The van der Waals surface area contributed by atoms with Crippen molar-refractivity contribution in [1.29, 1.82) is 0 Å². The Morgan fingerprint density at radius 3 is 2.65 bits per heavy atom. The summed E-state index contributed by atoms with van der Waals surface area (Å²) in [5.41, 5.74) is 1.07. The van der Waals surface area contributed by atoms with E-state index < -0.39 is 31.8 Å². The Morgan fingerprint density at radius 1 is 1.38 bits per heavy atom. The van der Waals surface area contributed by atoms with Crippen LogP contribution in [0.15, 0.2) is 12.1 Å². The van der Waals surface area contributed by atoms with Crippen LogP contribution in [0.4, 0.5) is 0 Å². The fourth-order valence-corrected chi connectivity index (χ4v) is 6.13. The van der Waals surface area contributed by atoms with E-state index in [1.54, 1.807) is 19.2 Å². The van der Waals surface area contributed by atoms with Gasteiger partial charge in [-0.25, -0.2) is 4.79 Å². The molecule has 4 atom stereocenters. The van der Waals surface area contributed by atoms with Gasteiger partial charge in [-0.15, -0.1) is 3.89 Å². The number of aromatic nitrogens is 1. The maximum Gasteiger partial charge on any atom is 0.377 e. The minimum absolute atomic E-state index is 0.0568. The van der Waals surface area contributed by atoms with Crippen molar-refractivity contribution in [2.45, 2.75) is 38.9 Å². The van der Waals surface area contributed by atoms with E-state index in [1.165, 1.54) is 0 Å². The summed E-state index contributed by atoms with van der Waals surface area (Å²) in [4.78, 5) is 28.9. The lowest BCUT2D eigenvalue weighted by molar-refractivity contribution is -0.738. The molecule has 3 N–H and O–H groups in total. The molecule has 0 aromatic carbocycles. The molecular formula is C17H27N4O4S+. The molecule has 0 saturated carbocycles. The number of H-pyrrole nitrogens is 1. The number of aromatic amines is 1. The van der Waals surface area contributed by atoms with E-state index in [0.29, 0.717) is 13.0 Å². The van der Waals surface area contributed by atoms with Gasteiger partial charge in [0.1, 0.15) is 18.3 Å². The first-order valence-electron chi connectivity index (χ1n) is 8.89. The molecule has 0 aliphatic carbocycles. The second kappa shape index (κ2) is 6.47. The Balaban J connectivity index is 2.10. The van der Waals surface area contributed by atoms with Gasteiger partial charge in [-0.05, 0) is 25.1 Å². The molecule has 2 fully saturated rings. The average Bonchev–Trinajstić information content (AvgIpc) is 3.19. The number of hydrogen-bond donors (Lipinski definition) is 3. The first-order valence-corrected chi connectivity index (χ1v) is 10.7. The standard InChI is InChI=1S/C17H26N4O4S/c1-10(2)14-15-12(20-16(14)22)7-8-21(15,26(4,24)25)17(23)13-6-5-11(19-13)9-18-3/h5-6,10,12,14-15,18H,7-9H2,1-4H3,(H-,19,20,22,23)/p+1/t12-,14+,15-,21?/m1/s1. The molecule has 9 heteroatoms. The molecule has 3 rings (SSSR count). The summed E-state index contributed by atoms with van der Waals surface area (Å²) in [5.74, 6) is -1.20. The summed E-state index contributed by atoms with van der Waals surface area (Å²) in [6, 6.07) is 2.51. The lowest BCUT2D eigenvalue weighted by Gasteiger charge is -2.36. The van der Waals surface area contributed by atoms with Gasteiger partial charge in [0, 0.05) is 18.7 Å². The molecule has 2 saturated heterocycles. The minimum atomic E-state index is -3.80.